The molecule has 0 aliphatic carbocycles. The SMILES string of the molecule is C[C@H]1CN(c2ccc(C(F)(F)F)c(Cl)c2)C(=O)c2c(-c3ccnc(CF)c3)cnn21. The van der Waals surface area contributed by atoms with Gasteiger partial charge in [-0.05, 0) is 42.8 Å². The highest BCUT2D eigenvalue weighted by Crippen LogP contribution is 2.38. The average molecular weight is 439 g/mol. The second-order valence-corrected chi connectivity index (χ2v) is 7.35. The van der Waals surface area contributed by atoms with Crippen molar-refractivity contribution in [1.82, 2.24) is 14.8 Å². The summed E-state index contributed by atoms with van der Waals surface area (Å²) in [5.41, 5.74) is 0.837. The first-order valence-corrected chi connectivity index (χ1v) is 9.36. The molecule has 0 radical (unpaired) electrons. The minimum atomic E-state index is -4.59. The molecule has 30 heavy (non-hydrogen) atoms. The lowest BCUT2D eigenvalue weighted by atomic mass is 10.0. The molecule has 1 aliphatic heterocycles. The van der Waals surface area contributed by atoms with Gasteiger partial charge in [-0.3, -0.25) is 14.5 Å². The van der Waals surface area contributed by atoms with Gasteiger partial charge in [-0.2, -0.15) is 18.3 Å². The van der Waals surface area contributed by atoms with Crippen LogP contribution in [0, 0.1) is 0 Å². The fourth-order valence-electron chi connectivity index (χ4n) is 3.52. The van der Waals surface area contributed by atoms with Crippen molar-refractivity contribution in [2.75, 3.05) is 11.4 Å². The van der Waals surface area contributed by atoms with Crippen molar-refractivity contribution in [3.63, 3.8) is 0 Å². The number of pyridine rings is 1. The summed E-state index contributed by atoms with van der Waals surface area (Å²) < 4.78 is 53.6. The smallest absolute Gasteiger partial charge is 0.305 e. The average Bonchev–Trinajstić information content (AvgIpc) is 3.16. The molecule has 10 heteroatoms. The first-order valence-electron chi connectivity index (χ1n) is 8.98. The van der Waals surface area contributed by atoms with E-state index in [0.717, 1.165) is 12.1 Å². The van der Waals surface area contributed by atoms with Crippen molar-refractivity contribution in [3.05, 3.63) is 64.7 Å². The number of benzene rings is 1. The lowest BCUT2D eigenvalue weighted by Crippen LogP contribution is -2.42. The van der Waals surface area contributed by atoms with E-state index >= 15 is 0 Å². The maximum atomic E-state index is 13.3. The molecule has 1 atom stereocenters. The van der Waals surface area contributed by atoms with Crippen LogP contribution in [0.4, 0.5) is 23.2 Å². The van der Waals surface area contributed by atoms with Crippen LogP contribution in [0.2, 0.25) is 5.02 Å². The third-order valence-corrected chi connectivity index (χ3v) is 5.25. The Labute approximate surface area is 173 Å². The number of anilines is 1. The van der Waals surface area contributed by atoms with E-state index in [9.17, 15) is 22.4 Å². The number of carbonyl (C=O) groups is 1. The Morgan fingerprint density at radius 1 is 1.23 bits per heavy atom. The van der Waals surface area contributed by atoms with Gasteiger partial charge in [0.25, 0.3) is 5.91 Å². The van der Waals surface area contributed by atoms with Crippen molar-refractivity contribution in [2.24, 2.45) is 0 Å². The quantitative estimate of drug-likeness (QED) is 0.521. The lowest BCUT2D eigenvalue weighted by molar-refractivity contribution is -0.137. The molecule has 0 N–H and O–H groups in total. The molecule has 0 unspecified atom stereocenters. The largest absolute Gasteiger partial charge is 0.417 e. The third-order valence-electron chi connectivity index (χ3n) is 4.94. The summed E-state index contributed by atoms with van der Waals surface area (Å²) in [6.45, 7) is 1.30. The number of hydrogen-bond donors (Lipinski definition) is 0. The zero-order valence-electron chi connectivity index (χ0n) is 15.6. The van der Waals surface area contributed by atoms with Crippen LogP contribution in [0.3, 0.4) is 0 Å². The summed E-state index contributed by atoms with van der Waals surface area (Å²) in [6.07, 6.45) is -1.63. The van der Waals surface area contributed by atoms with Crippen molar-refractivity contribution in [2.45, 2.75) is 25.8 Å². The lowest BCUT2D eigenvalue weighted by Gasteiger charge is -2.32. The summed E-state index contributed by atoms with van der Waals surface area (Å²) in [7, 11) is 0. The Morgan fingerprint density at radius 3 is 2.67 bits per heavy atom. The number of rotatable bonds is 3. The topological polar surface area (TPSA) is 51.0 Å². The van der Waals surface area contributed by atoms with Gasteiger partial charge in [0.15, 0.2) is 0 Å². The normalized spacial score (nSPS) is 16.7. The summed E-state index contributed by atoms with van der Waals surface area (Å²) in [4.78, 5) is 18.6. The Kier molecular flexibility index (Phi) is 5.01. The highest BCUT2D eigenvalue weighted by molar-refractivity contribution is 6.31. The fraction of sp³-hybridized carbons (Fsp3) is 0.250. The van der Waals surface area contributed by atoms with E-state index < -0.39 is 29.3 Å². The van der Waals surface area contributed by atoms with Gasteiger partial charge in [0.2, 0.25) is 0 Å². The molecule has 3 aromatic rings. The zero-order valence-corrected chi connectivity index (χ0v) is 16.4. The van der Waals surface area contributed by atoms with Crippen LogP contribution in [0.25, 0.3) is 11.1 Å². The minimum Gasteiger partial charge on any atom is -0.305 e. The number of aromatic nitrogens is 3. The van der Waals surface area contributed by atoms with E-state index in [1.807, 2.05) is 6.92 Å². The number of alkyl halides is 4. The van der Waals surface area contributed by atoms with Crippen LogP contribution in [0.5, 0.6) is 0 Å². The molecule has 1 aliphatic rings. The van der Waals surface area contributed by atoms with Crippen LogP contribution in [-0.2, 0) is 12.9 Å². The van der Waals surface area contributed by atoms with Crippen molar-refractivity contribution < 1.29 is 22.4 Å². The molecule has 4 rings (SSSR count). The molecule has 5 nitrogen and oxygen atoms in total. The van der Waals surface area contributed by atoms with Crippen LogP contribution >= 0.6 is 11.6 Å². The standard InChI is InChI=1S/C20H15ClF4N4O/c1-11-10-28(14-2-3-16(17(21)7-14)20(23,24)25)19(30)18-15(9-27-29(11)18)12-4-5-26-13(6-12)8-22/h2-7,9,11H,8,10H2,1H3/t11-/m0/s1. The maximum absolute atomic E-state index is 13.3. The van der Waals surface area contributed by atoms with Crippen molar-refractivity contribution >= 4 is 23.2 Å². The second-order valence-electron chi connectivity index (χ2n) is 6.95. The second kappa shape index (κ2) is 7.39. The molecule has 0 saturated carbocycles. The van der Waals surface area contributed by atoms with Crippen LogP contribution in [0.15, 0.2) is 42.7 Å². The maximum Gasteiger partial charge on any atom is 0.417 e. The van der Waals surface area contributed by atoms with Crippen LogP contribution in [0.1, 0.15) is 34.7 Å². The molecular weight excluding hydrogens is 424 g/mol. The van der Waals surface area contributed by atoms with Crippen LogP contribution in [-0.4, -0.2) is 27.2 Å². The molecule has 1 aromatic carbocycles. The molecule has 0 fully saturated rings. The Bertz CT molecular complexity index is 1130. The van der Waals surface area contributed by atoms with Gasteiger partial charge in [-0.15, -0.1) is 0 Å². The van der Waals surface area contributed by atoms with Crippen molar-refractivity contribution in [3.8, 4) is 11.1 Å². The summed E-state index contributed by atoms with van der Waals surface area (Å²) in [5, 5.41) is 3.81. The molecule has 2 aromatic heterocycles. The van der Waals surface area contributed by atoms with E-state index in [1.165, 1.54) is 29.4 Å². The highest BCUT2D eigenvalue weighted by atomic mass is 35.5. The molecule has 0 saturated heterocycles. The van der Waals surface area contributed by atoms with E-state index in [4.69, 9.17) is 11.6 Å². The Morgan fingerprint density at radius 2 is 2.00 bits per heavy atom. The fourth-order valence-corrected chi connectivity index (χ4v) is 3.80. The van der Waals surface area contributed by atoms with E-state index in [1.54, 1.807) is 10.7 Å². The highest BCUT2D eigenvalue weighted by Gasteiger charge is 2.36. The summed E-state index contributed by atoms with van der Waals surface area (Å²) in [5.74, 6) is -0.435. The monoisotopic (exact) mass is 438 g/mol. The number of fused-ring (bicyclic) bond motifs is 1. The van der Waals surface area contributed by atoms with E-state index in [0.29, 0.717) is 11.1 Å². The van der Waals surface area contributed by atoms with Gasteiger partial charge in [-0.1, -0.05) is 11.6 Å². The van der Waals surface area contributed by atoms with Gasteiger partial charge in [-0.25, -0.2) is 4.39 Å². The summed E-state index contributed by atoms with van der Waals surface area (Å²) >= 11 is 5.84. The van der Waals surface area contributed by atoms with Crippen LogP contribution < -0.4 is 4.90 Å². The van der Waals surface area contributed by atoms with Gasteiger partial charge >= 0.3 is 6.18 Å². The minimum absolute atomic E-state index is 0.209. The van der Waals surface area contributed by atoms with Gasteiger partial charge in [0.1, 0.15) is 12.4 Å². The predicted octanol–water partition coefficient (Wildman–Crippen LogP) is 5.31. The number of carbonyl (C=O) groups excluding carboxylic acids is 1. The first-order chi connectivity index (χ1) is 14.2. The molecule has 3 heterocycles. The van der Waals surface area contributed by atoms with Gasteiger partial charge < -0.3 is 4.90 Å². The van der Waals surface area contributed by atoms with E-state index in [2.05, 4.69) is 10.1 Å². The number of nitrogens with zero attached hydrogens (tertiary/aromatic N) is 4. The number of amides is 1. The van der Waals surface area contributed by atoms with E-state index in [-0.39, 0.29) is 29.7 Å². The number of hydrogen-bond acceptors (Lipinski definition) is 3. The molecule has 1 amide bonds. The molecule has 156 valence electrons. The Balaban J connectivity index is 1.77. The first kappa shape index (κ1) is 20.3. The predicted molar refractivity (Wildman–Crippen MR) is 103 cm³/mol. The molecule has 0 spiro atoms. The molecule has 0 bridgehead atoms. The van der Waals surface area contributed by atoms with Gasteiger partial charge in [0.05, 0.1) is 28.5 Å². The summed E-state index contributed by atoms with van der Waals surface area (Å²) in [6, 6.07) is 6.15. The van der Waals surface area contributed by atoms with Crippen molar-refractivity contribution in [1.29, 1.82) is 0 Å². The van der Waals surface area contributed by atoms with Gasteiger partial charge in [0, 0.05) is 24.0 Å². The zero-order chi connectivity index (χ0) is 21.6. The third kappa shape index (κ3) is 3.43. The molecular formula is C20H15ClF4N4O. The Hall–Kier alpha value is -2.94. The number of halogens is 5.